The van der Waals surface area contributed by atoms with Gasteiger partial charge in [0.15, 0.2) is 11.5 Å². The van der Waals surface area contributed by atoms with Crippen LogP contribution in [0, 0.1) is 0 Å². The van der Waals surface area contributed by atoms with Gasteiger partial charge in [0.05, 0.1) is 19.8 Å². The normalized spacial score (nSPS) is 11.6. The molecule has 0 bridgehead atoms. The van der Waals surface area contributed by atoms with Crippen molar-refractivity contribution in [3.8, 4) is 11.5 Å². The van der Waals surface area contributed by atoms with E-state index in [1.807, 2.05) is 0 Å². The van der Waals surface area contributed by atoms with Gasteiger partial charge < -0.3 is 25.6 Å². The van der Waals surface area contributed by atoms with E-state index in [1.165, 1.54) is 7.11 Å². The van der Waals surface area contributed by atoms with Crippen LogP contribution in [-0.2, 0) is 4.79 Å². The van der Waals surface area contributed by atoms with Crippen LogP contribution in [0.5, 0.6) is 11.5 Å². The molecule has 0 aliphatic heterocycles. The van der Waals surface area contributed by atoms with E-state index in [0.29, 0.717) is 23.6 Å². The summed E-state index contributed by atoms with van der Waals surface area (Å²) < 4.78 is 10.5. The number of ether oxygens (including phenoxy) is 2. The van der Waals surface area contributed by atoms with Gasteiger partial charge in [-0.05, 0) is 18.6 Å². The van der Waals surface area contributed by atoms with Gasteiger partial charge in [0.25, 0.3) is 0 Å². The van der Waals surface area contributed by atoms with E-state index in [-0.39, 0.29) is 19.1 Å². The van der Waals surface area contributed by atoms with Crippen molar-refractivity contribution in [3.05, 3.63) is 30.9 Å². The van der Waals surface area contributed by atoms with Gasteiger partial charge in [-0.25, -0.2) is 0 Å². The highest BCUT2D eigenvalue weighted by molar-refractivity contribution is 5.95. The Morgan fingerprint density at radius 3 is 2.90 bits per heavy atom. The van der Waals surface area contributed by atoms with Crippen LogP contribution in [0.4, 0.5) is 5.69 Å². The van der Waals surface area contributed by atoms with Crippen LogP contribution in [0.3, 0.4) is 0 Å². The topological polar surface area (TPSA) is 93.8 Å². The number of carbonyl (C=O) groups excluding carboxylic acids is 1. The molecule has 0 fully saturated rings. The molecule has 6 heteroatoms. The van der Waals surface area contributed by atoms with Crippen molar-refractivity contribution in [2.24, 2.45) is 5.73 Å². The van der Waals surface area contributed by atoms with Gasteiger partial charge in [0.2, 0.25) is 5.91 Å². The molecule has 4 N–H and O–H groups in total. The summed E-state index contributed by atoms with van der Waals surface area (Å²) in [4.78, 5) is 11.8. The lowest BCUT2D eigenvalue weighted by Crippen LogP contribution is -2.35. The number of nitrogens with one attached hydrogen (secondary N) is 1. The third-order valence-corrected chi connectivity index (χ3v) is 2.54. The van der Waals surface area contributed by atoms with E-state index in [2.05, 4.69) is 11.9 Å². The van der Waals surface area contributed by atoms with E-state index in [0.717, 1.165) is 0 Å². The summed E-state index contributed by atoms with van der Waals surface area (Å²) in [7, 11) is 1.51. The van der Waals surface area contributed by atoms with Crippen LogP contribution in [0.15, 0.2) is 30.9 Å². The monoisotopic (exact) mass is 280 g/mol. The zero-order valence-electron chi connectivity index (χ0n) is 11.5. The number of benzene rings is 1. The fraction of sp³-hybridized carbons (Fsp3) is 0.357. The Morgan fingerprint density at radius 1 is 1.55 bits per heavy atom. The van der Waals surface area contributed by atoms with Crippen molar-refractivity contribution in [2.75, 3.05) is 25.6 Å². The van der Waals surface area contributed by atoms with Gasteiger partial charge in [-0.2, -0.15) is 0 Å². The number of aliphatic hydroxyl groups is 1. The third kappa shape index (κ3) is 4.56. The highest BCUT2D eigenvalue weighted by Crippen LogP contribution is 2.30. The minimum atomic E-state index is -0.642. The molecule has 0 spiro atoms. The van der Waals surface area contributed by atoms with Crippen molar-refractivity contribution < 1.29 is 19.4 Å². The van der Waals surface area contributed by atoms with Gasteiger partial charge in [-0.3, -0.25) is 4.79 Å². The lowest BCUT2D eigenvalue weighted by atomic mass is 10.2. The van der Waals surface area contributed by atoms with Crippen molar-refractivity contribution in [3.63, 3.8) is 0 Å². The third-order valence-electron chi connectivity index (χ3n) is 2.54. The Balaban J connectivity index is 2.80. The fourth-order valence-corrected chi connectivity index (χ4v) is 1.54. The second-order valence-electron chi connectivity index (χ2n) is 4.06. The molecule has 0 heterocycles. The van der Waals surface area contributed by atoms with Crippen molar-refractivity contribution in [2.45, 2.75) is 12.5 Å². The summed E-state index contributed by atoms with van der Waals surface area (Å²) in [5.74, 6) is 0.659. The number of methoxy groups -OCH3 is 1. The molecule has 0 saturated heterocycles. The second kappa shape index (κ2) is 8.19. The van der Waals surface area contributed by atoms with Crippen LogP contribution in [0.2, 0.25) is 0 Å². The molecule has 0 saturated carbocycles. The molecule has 1 unspecified atom stereocenters. The largest absolute Gasteiger partial charge is 0.493 e. The number of anilines is 1. The van der Waals surface area contributed by atoms with E-state index in [1.54, 1.807) is 24.3 Å². The van der Waals surface area contributed by atoms with Gasteiger partial charge in [0.1, 0.15) is 6.61 Å². The second-order valence-corrected chi connectivity index (χ2v) is 4.06. The summed E-state index contributed by atoms with van der Waals surface area (Å²) in [6, 6.07) is 4.33. The standard InChI is InChI=1S/C14H20N2O4/c1-3-4-11(15)14(18)16-10-5-6-12(19-2)13(9-10)20-8-7-17/h3,5-6,9,11,17H,1,4,7-8,15H2,2H3,(H,16,18). The van der Waals surface area contributed by atoms with E-state index < -0.39 is 6.04 Å². The predicted octanol–water partition coefficient (Wildman–Crippen LogP) is 0.908. The highest BCUT2D eigenvalue weighted by Gasteiger charge is 2.13. The minimum absolute atomic E-state index is 0.107. The molecule has 1 rings (SSSR count). The summed E-state index contributed by atoms with van der Waals surface area (Å²) in [6.45, 7) is 3.58. The van der Waals surface area contributed by atoms with Crippen LogP contribution < -0.4 is 20.5 Å². The number of aliphatic hydroxyl groups excluding tert-OH is 1. The first kappa shape index (κ1) is 16.0. The minimum Gasteiger partial charge on any atom is -0.493 e. The molecular weight excluding hydrogens is 260 g/mol. The number of hydrogen-bond acceptors (Lipinski definition) is 5. The Morgan fingerprint density at radius 2 is 2.30 bits per heavy atom. The van der Waals surface area contributed by atoms with E-state index in [4.69, 9.17) is 20.3 Å². The molecule has 1 amide bonds. The molecule has 0 aromatic heterocycles. The first-order chi connectivity index (χ1) is 9.62. The Bertz CT molecular complexity index is 462. The van der Waals surface area contributed by atoms with Crippen LogP contribution in [0.1, 0.15) is 6.42 Å². The molecule has 1 atom stereocenters. The first-order valence-electron chi connectivity index (χ1n) is 6.21. The Hall–Kier alpha value is -2.05. The highest BCUT2D eigenvalue weighted by atomic mass is 16.5. The zero-order valence-corrected chi connectivity index (χ0v) is 11.5. The fourth-order valence-electron chi connectivity index (χ4n) is 1.54. The smallest absolute Gasteiger partial charge is 0.241 e. The van der Waals surface area contributed by atoms with Crippen LogP contribution in [-0.4, -0.2) is 37.4 Å². The SMILES string of the molecule is C=CCC(N)C(=O)Nc1ccc(OC)c(OCCO)c1. The molecule has 110 valence electrons. The Labute approximate surface area is 118 Å². The summed E-state index contributed by atoms with van der Waals surface area (Å²) in [5.41, 5.74) is 6.22. The molecule has 1 aromatic rings. The average molecular weight is 280 g/mol. The maximum absolute atomic E-state index is 11.8. The van der Waals surface area contributed by atoms with Gasteiger partial charge in [-0.1, -0.05) is 6.08 Å². The molecule has 6 nitrogen and oxygen atoms in total. The molecular formula is C14H20N2O4. The van der Waals surface area contributed by atoms with Crippen LogP contribution in [0.25, 0.3) is 0 Å². The zero-order chi connectivity index (χ0) is 15.0. The molecule has 1 aromatic carbocycles. The summed E-state index contributed by atoms with van der Waals surface area (Å²) >= 11 is 0. The maximum atomic E-state index is 11.8. The molecule has 20 heavy (non-hydrogen) atoms. The van der Waals surface area contributed by atoms with Crippen molar-refractivity contribution in [1.29, 1.82) is 0 Å². The number of nitrogens with two attached hydrogens (primary N) is 1. The van der Waals surface area contributed by atoms with Crippen molar-refractivity contribution in [1.82, 2.24) is 0 Å². The molecule has 0 radical (unpaired) electrons. The summed E-state index contributed by atoms with van der Waals surface area (Å²) in [5, 5.41) is 11.5. The first-order valence-corrected chi connectivity index (χ1v) is 6.21. The average Bonchev–Trinajstić information content (AvgIpc) is 2.45. The van der Waals surface area contributed by atoms with Gasteiger partial charge in [0, 0.05) is 11.8 Å². The van der Waals surface area contributed by atoms with E-state index in [9.17, 15) is 4.79 Å². The van der Waals surface area contributed by atoms with Crippen LogP contribution >= 0.6 is 0 Å². The molecule has 0 aliphatic carbocycles. The number of rotatable bonds is 8. The lowest BCUT2D eigenvalue weighted by Gasteiger charge is -2.14. The van der Waals surface area contributed by atoms with Gasteiger partial charge in [-0.15, -0.1) is 6.58 Å². The van der Waals surface area contributed by atoms with E-state index >= 15 is 0 Å². The number of hydrogen-bond donors (Lipinski definition) is 3. The predicted molar refractivity (Wildman–Crippen MR) is 77.0 cm³/mol. The lowest BCUT2D eigenvalue weighted by molar-refractivity contribution is -0.117. The number of carbonyl (C=O) groups is 1. The Kier molecular flexibility index (Phi) is 6.55. The van der Waals surface area contributed by atoms with Gasteiger partial charge >= 0.3 is 0 Å². The van der Waals surface area contributed by atoms with Crippen molar-refractivity contribution >= 4 is 11.6 Å². The quantitative estimate of drug-likeness (QED) is 0.615. The summed E-state index contributed by atoms with van der Waals surface area (Å²) in [6.07, 6.45) is 1.99. The maximum Gasteiger partial charge on any atom is 0.241 e. The molecule has 0 aliphatic rings. The number of amides is 1.